The molecule has 1 amide bonds. The van der Waals surface area contributed by atoms with Crippen molar-refractivity contribution in [2.24, 2.45) is 17.8 Å². The molecule has 1 unspecified atom stereocenters. The number of benzene rings is 4. The molecule has 314 valence electrons. The van der Waals surface area contributed by atoms with Gasteiger partial charge in [-0.3, -0.25) is 9.69 Å². The number of hydrogen-bond donors (Lipinski definition) is 5. The van der Waals surface area contributed by atoms with Crippen molar-refractivity contribution < 1.29 is 34.0 Å². The number of fused-ring (bicyclic) bond motifs is 4. The summed E-state index contributed by atoms with van der Waals surface area (Å²) >= 11 is 0. The van der Waals surface area contributed by atoms with Crippen LogP contribution in [0.1, 0.15) is 83.3 Å². The quantitative estimate of drug-likeness (QED) is 0.0696. The smallest absolute Gasteiger partial charge is 0.408 e. The number of aliphatic hydroxyl groups excluding tert-OH is 1. The predicted octanol–water partition coefficient (Wildman–Crippen LogP) is 7.01. The lowest BCUT2D eigenvalue weighted by molar-refractivity contribution is -0.0336. The summed E-state index contributed by atoms with van der Waals surface area (Å²) in [6.07, 6.45) is 4.70. The molecule has 5 N–H and O–H groups in total. The molecule has 60 heavy (non-hydrogen) atoms. The van der Waals surface area contributed by atoms with Gasteiger partial charge < -0.3 is 40.0 Å². The number of amides is 1. The Balaban J connectivity index is 0.786. The minimum atomic E-state index is -0.800. The minimum absolute atomic E-state index is 0.0326. The fraction of sp³-hybridized carbons (Fsp3) is 0.396. The van der Waals surface area contributed by atoms with Crippen LogP contribution in [0.25, 0.3) is 10.9 Å². The van der Waals surface area contributed by atoms with Crippen LogP contribution in [-0.4, -0.2) is 77.6 Å². The third-order valence-electron chi connectivity index (χ3n) is 12.5. The van der Waals surface area contributed by atoms with Crippen molar-refractivity contribution in [2.45, 2.75) is 63.4 Å². The number of alkyl carbamates (subject to hydrolysis) is 1. The van der Waals surface area contributed by atoms with Crippen LogP contribution in [0.4, 0.5) is 4.79 Å². The number of H-pyrrole nitrogens is 1. The Hall–Kier alpha value is -5.69. The van der Waals surface area contributed by atoms with E-state index in [0.29, 0.717) is 58.7 Å². The topological polar surface area (TPSA) is 162 Å². The number of nitrogens with one attached hydrogen (secondary N) is 3. The molecule has 12 nitrogen and oxygen atoms in total. The van der Waals surface area contributed by atoms with Crippen molar-refractivity contribution in [2.75, 3.05) is 39.3 Å². The highest BCUT2D eigenvalue weighted by Gasteiger charge is 2.37. The maximum Gasteiger partial charge on any atom is 0.408 e. The molecule has 4 fully saturated rings. The van der Waals surface area contributed by atoms with Crippen LogP contribution in [0, 0.1) is 17.8 Å². The van der Waals surface area contributed by atoms with Crippen molar-refractivity contribution in [3.8, 4) is 11.5 Å². The number of phenolic OH excluding ortho intramolecular Hbond substituents is 1. The molecule has 4 aromatic carbocycles. The third-order valence-corrected chi connectivity index (χ3v) is 12.5. The zero-order valence-corrected chi connectivity index (χ0v) is 33.8. The minimum Gasteiger partial charge on any atom is -0.506 e. The van der Waals surface area contributed by atoms with Crippen molar-refractivity contribution in [1.82, 2.24) is 20.5 Å². The maximum atomic E-state index is 13.4. The fourth-order valence-electron chi connectivity index (χ4n) is 9.03. The van der Waals surface area contributed by atoms with E-state index in [1.807, 2.05) is 66.7 Å². The number of aromatic nitrogens is 1. The summed E-state index contributed by atoms with van der Waals surface area (Å²) in [6.45, 7) is 4.68. The molecule has 12 heteroatoms. The lowest BCUT2D eigenvalue weighted by atomic mass is 9.82. The molecule has 3 atom stereocenters. The molecule has 1 saturated carbocycles. The van der Waals surface area contributed by atoms with E-state index >= 15 is 0 Å². The number of ether oxygens (including phenoxy) is 3. The van der Waals surface area contributed by atoms with Crippen LogP contribution in [-0.2, 0) is 16.1 Å². The van der Waals surface area contributed by atoms with Crippen LogP contribution in [0.2, 0.25) is 0 Å². The Labute approximate surface area is 349 Å². The molecule has 9 rings (SSSR count). The van der Waals surface area contributed by atoms with E-state index in [-0.39, 0.29) is 30.0 Å². The van der Waals surface area contributed by atoms with Gasteiger partial charge in [-0.25, -0.2) is 9.59 Å². The van der Waals surface area contributed by atoms with Gasteiger partial charge in [0.05, 0.1) is 29.8 Å². The van der Waals surface area contributed by atoms with Gasteiger partial charge in [0, 0.05) is 30.1 Å². The number of aromatic hydroxyl groups is 1. The molecule has 1 aromatic heterocycles. The van der Waals surface area contributed by atoms with Gasteiger partial charge in [0.15, 0.2) is 0 Å². The monoisotopic (exact) mass is 814 g/mol. The molecular weight excluding hydrogens is 761 g/mol. The second-order valence-electron chi connectivity index (χ2n) is 16.5. The number of aromatic amines is 1. The molecule has 2 bridgehead atoms. The van der Waals surface area contributed by atoms with Crippen molar-refractivity contribution >= 4 is 23.0 Å². The average Bonchev–Trinajstić information content (AvgIpc) is 3.28. The number of aliphatic hydroxyl groups is 1. The Bertz CT molecular complexity index is 2280. The number of carbonyl (C=O) groups is 2. The van der Waals surface area contributed by atoms with E-state index < -0.39 is 18.2 Å². The zero-order chi connectivity index (χ0) is 41.4. The molecule has 3 saturated heterocycles. The van der Waals surface area contributed by atoms with E-state index in [9.17, 15) is 24.6 Å². The number of hydrogen-bond acceptors (Lipinski definition) is 10. The first-order chi connectivity index (χ1) is 29.3. The summed E-state index contributed by atoms with van der Waals surface area (Å²) in [6, 6.07) is 30.5. The largest absolute Gasteiger partial charge is 0.506 e. The second kappa shape index (κ2) is 19.1. The first-order valence-electron chi connectivity index (χ1n) is 21.2. The van der Waals surface area contributed by atoms with Crippen LogP contribution < -0.4 is 20.9 Å². The Morgan fingerprint density at radius 1 is 0.817 bits per heavy atom. The van der Waals surface area contributed by atoms with E-state index in [2.05, 4.69) is 20.5 Å². The molecule has 5 aromatic rings. The van der Waals surface area contributed by atoms with Crippen molar-refractivity contribution in [3.63, 3.8) is 0 Å². The van der Waals surface area contributed by atoms with Crippen LogP contribution in [0.3, 0.4) is 0 Å². The maximum absolute atomic E-state index is 13.4. The van der Waals surface area contributed by atoms with E-state index in [1.54, 1.807) is 24.3 Å². The average molecular weight is 815 g/mol. The standard InChI is InChI=1S/C48H54N4O8/c53-40-20-18-37(38-19-21-44(55)50-46(38)40)41(54)27-49-26-31-10-12-32(13-11-31)30-59-47(56)36-16-14-33(15-17-36)29-58-42-9-5-4-8-39(42)45(35-6-2-1-3-7-35)51-48(57)60-43-28-52-24-22-34(43)23-25-52/h1-9,14-21,31-32,34,41,43,45,49,53-54H,10-13,22-30H2,(H,50,55)(H,51,57)/t31?,32?,41-,43-,45?/m0/s1. The Morgan fingerprint density at radius 2 is 1.55 bits per heavy atom. The highest BCUT2D eigenvalue weighted by Crippen LogP contribution is 2.34. The number of rotatable bonds is 15. The third kappa shape index (κ3) is 10.0. The number of esters is 1. The fourth-order valence-corrected chi connectivity index (χ4v) is 9.03. The van der Waals surface area contributed by atoms with Gasteiger partial charge >= 0.3 is 12.1 Å². The van der Waals surface area contributed by atoms with Gasteiger partial charge in [-0.2, -0.15) is 0 Å². The zero-order valence-electron chi connectivity index (χ0n) is 33.8. The number of pyridine rings is 1. The summed E-state index contributed by atoms with van der Waals surface area (Å²) in [5.41, 5.74) is 3.76. The van der Waals surface area contributed by atoms with Gasteiger partial charge in [0.2, 0.25) is 5.56 Å². The number of para-hydroxylation sites is 1. The second-order valence-corrected chi connectivity index (χ2v) is 16.5. The summed E-state index contributed by atoms with van der Waals surface area (Å²) in [4.78, 5) is 43.1. The van der Waals surface area contributed by atoms with Crippen molar-refractivity contribution in [3.05, 3.63) is 141 Å². The number of phenols is 1. The lowest BCUT2D eigenvalue weighted by Crippen LogP contribution is -2.52. The molecule has 1 aliphatic carbocycles. The molecule has 3 aliphatic heterocycles. The number of carbonyl (C=O) groups excluding carboxylic acids is 2. The van der Waals surface area contributed by atoms with Gasteiger partial charge in [0.25, 0.3) is 0 Å². The van der Waals surface area contributed by atoms with E-state index in [0.717, 1.165) is 81.4 Å². The van der Waals surface area contributed by atoms with Gasteiger partial charge in [-0.15, -0.1) is 0 Å². The van der Waals surface area contributed by atoms with E-state index in [4.69, 9.17) is 14.2 Å². The number of nitrogens with zero attached hydrogens (tertiary/aromatic N) is 1. The van der Waals surface area contributed by atoms with Gasteiger partial charge in [-0.1, -0.05) is 66.7 Å². The predicted molar refractivity (Wildman–Crippen MR) is 228 cm³/mol. The van der Waals surface area contributed by atoms with Crippen LogP contribution >= 0.6 is 0 Å². The first kappa shape index (κ1) is 41.1. The Kier molecular flexibility index (Phi) is 13.1. The summed E-state index contributed by atoms with van der Waals surface area (Å²) < 4.78 is 18.1. The van der Waals surface area contributed by atoms with Crippen LogP contribution in [0.5, 0.6) is 11.5 Å². The van der Waals surface area contributed by atoms with Gasteiger partial charge in [-0.05, 0) is 123 Å². The lowest BCUT2D eigenvalue weighted by Gasteiger charge is -2.43. The van der Waals surface area contributed by atoms with Crippen molar-refractivity contribution in [1.29, 1.82) is 0 Å². The first-order valence-corrected chi connectivity index (χ1v) is 21.2. The summed E-state index contributed by atoms with van der Waals surface area (Å²) in [7, 11) is 0. The normalized spacial score (nSPS) is 22.1. The molecule has 4 aliphatic rings. The van der Waals surface area contributed by atoms with Crippen LogP contribution in [0.15, 0.2) is 108 Å². The summed E-state index contributed by atoms with van der Waals surface area (Å²) in [5.74, 6) is 1.42. The summed E-state index contributed by atoms with van der Waals surface area (Å²) in [5, 5.41) is 28.2. The highest BCUT2D eigenvalue weighted by atomic mass is 16.6. The Morgan fingerprint density at radius 3 is 2.30 bits per heavy atom. The van der Waals surface area contributed by atoms with E-state index in [1.165, 1.54) is 12.1 Å². The highest BCUT2D eigenvalue weighted by molar-refractivity contribution is 5.89. The molecular formula is C48H54N4O8. The SMILES string of the molecule is O=C(NC(c1ccccc1)c1ccccc1OCc1ccc(C(=O)OCC2CCC(CNC[C@H](O)c3ccc(O)c4[nH]c(=O)ccc34)CC2)cc1)O[C@H]1CN2CCC1CC2. The molecule has 0 spiro atoms. The molecule has 4 heterocycles. The number of piperidine rings is 3. The van der Waals surface area contributed by atoms with Gasteiger partial charge in [0.1, 0.15) is 24.2 Å². The molecule has 0 radical (unpaired) electrons.